The van der Waals surface area contributed by atoms with Crippen molar-refractivity contribution in [2.24, 2.45) is 0 Å². The zero-order chi connectivity index (χ0) is 19.3. The highest BCUT2D eigenvalue weighted by Crippen LogP contribution is 2.23. The van der Waals surface area contributed by atoms with Crippen LogP contribution in [0.4, 0.5) is 0 Å². The molecule has 1 amide bonds. The van der Waals surface area contributed by atoms with E-state index in [0.717, 1.165) is 10.9 Å². The highest BCUT2D eigenvalue weighted by molar-refractivity contribution is 6.06. The number of fused-ring (bicyclic) bond motifs is 1. The molecular weight excluding hydrogens is 352 g/mol. The maximum absolute atomic E-state index is 12.8. The van der Waals surface area contributed by atoms with Crippen molar-refractivity contribution in [2.45, 2.75) is 20.1 Å². The molecule has 2 aromatic heterocycles. The van der Waals surface area contributed by atoms with Crippen molar-refractivity contribution in [1.29, 1.82) is 0 Å². The maximum atomic E-state index is 12.8. The molecule has 5 heteroatoms. The van der Waals surface area contributed by atoms with E-state index in [4.69, 9.17) is 9.15 Å². The molecule has 0 aliphatic heterocycles. The largest absolute Gasteiger partial charge is 0.473 e. The van der Waals surface area contributed by atoms with Gasteiger partial charge in [-0.15, -0.1) is 0 Å². The van der Waals surface area contributed by atoms with E-state index >= 15 is 0 Å². The molecule has 0 saturated carbocycles. The predicted molar refractivity (Wildman–Crippen MR) is 107 cm³/mol. The van der Waals surface area contributed by atoms with Gasteiger partial charge in [0.1, 0.15) is 12.4 Å². The second-order valence-corrected chi connectivity index (χ2v) is 6.56. The number of furan rings is 1. The van der Waals surface area contributed by atoms with Crippen LogP contribution >= 0.6 is 0 Å². The summed E-state index contributed by atoms with van der Waals surface area (Å²) in [6.07, 6.45) is 1.58. The van der Waals surface area contributed by atoms with Gasteiger partial charge in [-0.05, 0) is 30.7 Å². The van der Waals surface area contributed by atoms with Gasteiger partial charge in [0.25, 0.3) is 5.91 Å². The van der Waals surface area contributed by atoms with E-state index in [1.165, 1.54) is 5.56 Å². The normalized spacial score (nSPS) is 10.8. The summed E-state index contributed by atoms with van der Waals surface area (Å²) in [5, 5.41) is 3.66. The summed E-state index contributed by atoms with van der Waals surface area (Å²) in [7, 11) is 0. The molecule has 0 saturated heterocycles. The molecule has 4 rings (SSSR count). The third-order valence-corrected chi connectivity index (χ3v) is 4.45. The fourth-order valence-corrected chi connectivity index (χ4v) is 2.93. The minimum atomic E-state index is -0.199. The number of rotatable bonds is 6. The molecule has 0 spiro atoms. The smallest absolute Gasteiger partial charge is 0.252 e. The Morgan fingerprint density at radius 2 is 1.89 bits per heavy atom. The number of carbonyl (C=O) groups is 1. The Labute approximate surface area is 163 Å². The van der Waals surface area contributed by atoms with E-state index in [-0.39, 0.29) is 5.91 Å². The van der Waals surface area contributed by atoms with Crippen LogP contribution in [0, 0.1) is 6.92 Å². The number of benzene rings is 2. The summed E-state index contributed by atoms with van der Waals surface area (Å²) >= 11 is 0. The molecule has 0 aliphatic carbocycles. The van der Waals surface area contributed by atoms with Crippen molar-refractivity contribution in [1.82, 2.24) is 10.3 Å². The number of para-hydroxylation sites is 1. The Hall–Kier alpha value is -3.60. The third-order valence-electron chi connectivity index (χ3n) is 4.45. The predicted octanol–water partition coefficient (Wildman–Crippen LogP) is 4.65. The molecule has 4 aromatic rings. The van der Waals surface area contributed by atoms with E-state index in [0.29, 0.717) is 35.9 Å². The van der Waals surface area contributed by atoms with Crippen LogP contribution in [0.25, 0.3) is 10.9 Å². The first-order valence-corrected chi connectivity index (χ1v) is 9.08. The van der Waals surface area contributed by atoms with Gasteiger partial charge in [0.15, 0.2) is 0 Å². The Morgan fingerprint density at radius 1 is 1.07 bits per heavy atom. The lowest BCUT2D eigenvalue weighted by Gasteiger charge is -2.11. The summed E-state index contributed by atoms with van der Waals surface area (Å²) < 4.78 is 11.1. The first-order chi connectivity index (χ1) is 13.7. The lowest BCUT2D eigenvalue weighted by Crippen LogP contribution is -2.23. The standard InChI is InChI=1S/C23H20N2O3/c1-16-8-10-17(11-9-16)15-28-22-13-20(19-6-2-3-7-21(19)25-22)23(26)24-14-18-5-4-12-27-18/h2-13H,14-15H2,1H3,(H,24,26). The second kappa shape index (κ2) is 7.96. The topological polar surface area (TPSA) is 64.4 Å². The molecule has 2 aromatic carbocycles. The van der Waals surface area contributed by atoms with Crippen LogP contribution in [0.3, 0.4) is 0 Å². The molecule has 5 nitrogen and oxygen atoms in total. The Balaban J connectivity index is 1.57. The summed E-state index contributed by atoms with van der Waals surface area (Å²) in [6, 6.07) is 21.0. The number of ether oxygens (including phenoxy) is 1. The summed E-state index contributed by atoms with van der Waals surface area (Å²) in [5.41, 5.74) is 3.48. The molecule has 0 aliphatic rings. The molecule has 140 valence electrons. The summed E-state index contributed by atoms with van der Waals surface area (Å²) in [6.45, 7) is 2.75. The minimum Gasteiger partial charge on any atom is -0.473 e. The van der Waals surface area contributed by atoms with Crippen LogP contribution < -0.4 is 10.1 Å². The molecule has 0 fully saturated rings. The van der Waals surface area contributed by atoms with Gasteiger partial charge in [0, 0.05) is 11.5 Å². The van der Waals surface area contributed by atoms with E-state index in [9.17, 15) is 4.79 Å². The highest BCUT2D eigenvalue weighted by atomic mass is 16.5. The highest BCUT2D eigenvalue weighted by Gasteiger charge is 2.14. The Morgan fingerprint density at radius 3 is 2.68 bits per heavy atom. The molecule has 28 heavy (non-hydrogen) atoms. The average molecular weight is 372 g/mol. The van der Waals surface area contributed by atoms with E-state index in [1.54, 1.807) is 18.4 Å². The van der Waals surface area contributed by atoms with Crippen LogP contribution in [0.1, 0.15) is 27.2 Å². The Kier molecular flexibility index (Phi) is 5.06. The molecule has 2 heterocycles. The van der Waals surface area contributed by atoms with Crippen LogP contribution in [0.15, 0.2) is 77.4 Å². The van der Waals surface area contributed by atoms with E-state index in [2.05, 4.69) is 10.3 Å². The van der Waals surface area contributed by atoms with Gasteiger partial charge < -0.3 is 14.5 Å². The molecule has 1 N–H and O–H groups in total. The van der Waals surface area contributed by atoms with Gasteiger partial charge in [-0.2, -0.15) is 0 Å². The number of amides is 1. The number of hydrogen-bond donors (Lipinski definition) is 1. The minimum absolute atomic E-state index is 0.199. The quantitative estimate of drug-likeness (QED) is 0.535. The lowest BCUT2D eigenvalue weighted by atomic mass is 10.1. The van der Waals surface area contributed by atoms with Crippen molar-refractivity contribution in [2.75, 3.05) is 0 Å². The van der Waals surface area contributed by atoms with Crippen molar-refractivity contribution in [3.63, 3.8) is 0 Å². The number of aryl methyl sites for hydroxylation is 1. The first kappa shape index (κ1) is 17.8. The summed E-state index contributed by atoms with van der Waals surface area (Å²) in [5.74, 6) is 0.917. The molecule has 0 bridgehead atoms. The van der Waals surface area contributed by atoms with Crippen molar-refractivity contribution < 1.29 is 13.9 Å². The Bertz CT molecular complexity index is 1090. The molecular formula is C23H20N2O3. The van der Waals surface area contributed by atoms with Gasteiger partial charge >= 0.3 is 0 Å². The van der Waals surface area contributed by atoms with Gasteiger partial charge in [0.05, 0.1) is 23.9 Å². The van der Waals surface area contributed by atoms with Crippen molar-refractivity contribution in [3.8, 4) is 5.88 Å². The van der Waals surface area contributed by atoms with Gasteiger partial charge in [0.2, 0.25) is 5.88 Å². The molecule has 0 radical (unpaired) electrons. The number of hydrogen-bond acceptors (Lipinski definition) is 4. The van der Waals surface area contributed by atoms with Crippen LogP contribution in [-0.2, 0) is 13.2 Å². The summed E-state index contributed by atoms with van der Waals surface area (Å²) in [4.78, 5) is 17.3. The number of pyridine rings is 1. The SMILES string of the molecule is Cc1ccc(COc2cc(C(=O)NCc3ccco3)c3ccccc3n2)cc1. The van der Waals surface area contributed by atoms with Crippen molar-refractivity contribution >= 4 is 16.8 Å². The van der Waals surface area contributed by atoms with E-state index < -0.39 is 0 Å². The fourth-order valence-electron chi connectivity index (χ4n) is 2.93. The van der Waals surface area contributed by atoms with Crippen LogP contribution in [0.2, 0.25) is 0 Å². The zero-order valence-corrected chi connectivity index (χ0v) is 15.5. The average Bonchev–Trinajstić information content (AvgIpc) is 3.24. The fraction of sp³-hybridized carbons (Fsp3) is 0.130. The number of nitrogens with zero attached hydrogens (tertiary/aromatic N) is 1. The monoisotopic (exact) mass is 372 g/mol. The van der Waals surface area contributed by atoms with Gasteiger partial charge in [-0.1, -0.05) is 48.0 Å². The van der Waals surface area contributed by atoms with Gasteiger partial charge in [-0.25, -0.2) is 4.98 Å². The van der Waals surface area contributed by atoms with Crippen LogP contribution in [0.5, 0.6) is 5.88 Å². The lowest BCUT2D eigenvalue weighted by molar-refractivity contribution is 0.0949. The van der Waals surface area contributed by atoms with E-state index in [1.807, 2.05) is 61.5 Å². The van der Waals surface area contributed by atoms with Gasteiger partial charge in [-0.3, -0.25) is 4.79 Å². The van der Waals surface area contributed by atoms with Crippen LogP contribution in [-0.4, -0.2) is 10.9 Å². The number of carbonyl (C=O) groups excluding carboxylic acids is 1. The number of nitrogens with one attached hydrogen (secondary N) is 1. The molecule has 0 atom stereocenters. The second-order valence-electron chi connectivity index (χ2n) is 6.56. The number of aromatic nitrogens is 1. The first-order valence-electron chi connectivity index (χ1n) is 9.08. The zero-order valence-electron chi connectivity index (χ0n) is 15.5. The maximum Gasteiger partial charge on any atom is 0.252 e. The molecule has 0 unspecified atom stereocenters. The van der Waals surface area contributed by atoms with Crippen molar-refractivity contribution in [3.05, 3.63) is 95.4 Å². The third kappa shape index (κ3) is 4.04.